The smallest absolute Gasteiger partial charge is 0.417 e. The molecular formula is C17H11Cl2F3N2O2. The molecule has 2 N–H and O–H groups in total. The molecule has 136 valence electrons. The van der Waals surface area contributed by atoms with Crippen molar-refractivity contribution in [2.45, 2.75) is 12.8 Å². The van der Waals surface area contributed by atoms with Crippen molar-refractivity contribution in [1.29, 1.82) is 0 Å². The van der Waals surface area contributed by atoms with Crippen LogP contribution in [-0.2, 0) is 12.8 Å². The van der Waals surface area contributed by atoms with E-state index in [2.05, 4.69) is 9.97 Å². The van der Waals surface area contributed by atoms with Gasteiger partial charge in [0.15, 0.2) is 0 Å². The zero-order valence-corrected chi connectivity index (χ0v) is 14.5. The summed E-state index contributed by atoms with van der Waals surface area (Å²) in [5.74, 6) is -0.153. The van der Waals surface area contributed by atoms with Gasteiger partial charge in [-0.1, -0.05) is 29.3 Å². The highest BCUT2D eigenvalue weighted by molar-refractivity contribution is 6.42. The van der Waals surface area contributed by atoms with Crippen molar-refractivity contribution in [1.82, 2.24) is 9.97 Å². The number of pyridine rings is 1. The lowest BCUT2D eigenvalue weighted by Crippen LogP contribution is -2.02. The maximum atomic E-state index is 12.7. The fraction of sp³-hybridized carbons (Fsp3) is 0.118. The molecule has 0 spiro atoms. The summed E-state index contributed by atoms with van der Waals surface area (Å²) in [5.41, 5.74) is 0.122. The van der Waals surface area contributed by atoms with Gasteiger partial charge in [0, 0.05) is 18.5 Å². The molecule has 0 aliphatic carbocycles. The number of hydrogen-bond acceptors (Lipinski definition) is 3. The third-order valence-corrected chi connectivity index (χ3v) is 4.27. The van der Waals surface area contributed by atoms with Crippen LogP contribution in [0.5, 0.6) is 11.6 Å². The minimum Gasteiger partial charge on any atom is -0.507 e. The summed E-state index contributed by atoms with van der Waals surface area (Å²) in [5, 5.41) is 10.9. The Morgan fingerprint density at radius 3 is 2.50 bits per heavy atom. The number of alkyl halides is 3. The third-order valence-electron chi connectivity index (χ3n) is 3.53. The van der Waals surface area contributed by atoms with Crippen molar-refractivity contribution in [2.75, 3.05) is 0 Å². The van der Waals surface area contributed by atoms with Crippen LogP contribution in [-0.4, -0.2) is 15.1 Å². The summed E-state index contributed by atoms with van der Waals surface area (Å²) in [6, 6.07) is 7.10. The maximum Gasteiger partial charge on any atom is 0.417 e. The SMILES string of the molecule is Oc1cc(OCc2ccc(Cl)c(Cl)c2)ncc1-c1cc(C(F)(F)F)c[nH]1. The van der Waals surface area contributed by atoms with Gasteiger partial charge >= 0.3 is 6.18 Å². The first-order valence-electron chi connectivity index (χ1n) is 7.26. The molecule has 0 fully saturated rings. The van der Waals surface area contributed by atoms with Crippen LogP contribution in [0, 0.1) is 0 Å². The second-order valence-electron chi connectivity index (χ2n) is 5.38. The number of aromatic hydroxyl groups is 1. The highest BCUT2D eigenvalue weighted by Gasteiger charge is 2.32. The minimum absolute atomic E-state index is 0.0957. The molecule has 2 aromatic heterocycles. The number of rotatable bonds is 4. The van der Waals surface area contributed by atoms with Gasteiger partial charge in [0.1, 0.15) is 12.4 Å². The fourth-order valence-electron chi connectivity index (χ4n) is 2.21. The normalized spacial score (nSPS) is 11.6. The second kappa shape index (κ2) is 7.09. The molecule has 0 amide bonds. The zero-order valence-electron chi connectivity index (χ0n) is 12.9. The number of nitrogens with one attached hydrogen (secondary N) is 1. The van der Waals surface area contributed by atoms with Gasteiger partial charge in [-0.15, -0.1) is 0 Å². The predicted molar refractivity (Wildman–Crippen MR) is 91.5 cm³/mol. The quantitative estimate of drug-likeness (QED) is 0.589. The molecule has 0 saturated carbocycles. The Morgan fingerprint density at radius 1 is 1.12 bits per heavy atom. The number of halogens is 5. The Kier molecular flexibility index (Phi) is 5.02. The average Bonchev–Trinajstić information content (AvgIpc) is 3.06. The van der Waals surface area contributed by atoms with Crippen LogP contribution in [0.15, 0.2) is 42.7 Å². The number of aromatic amines is 1. The lowest BCUT2D eigenvalue weighted by molar-refractivity contribution is -0.137. The highest BCUT2D eigenvalue weighted by atomic mass is 35.5. The summed E-state index contributed by atoms with van der Waals surface area (Å²) in [4.78, 5) is 6.47. The first kappa shape index (κ1) is 18.4. The van der Waals surface area contributed by atoms with Crippen LogP contribution < -0.4 is 4.74 Å². The molecule has 0 atom stereocenters. The largest absolute Gasteiger partial charge is 0.507 e. The number of ether oxygens (including phenoxy) is 1. The molecule has 4 nitrogen and oxygen atoms in total. The van der Waals surface area contributed by atoms with E-state index < -0.39 is 11.7 Å². The molecule has 0 bridgehead atoms. The van der Waals surface area contributed by atoms with Crippen LogP contribution in [0.4, 0.5) is 13.2 Å². The van der Waals surface area contributed by atoms with Crippen molar-refractivity contribution < 1.29 is 23.0 Å². The summed E-state index contributed by atoms with van der Waals surface area (Å²) in [6.07, 6.45) is -2.42. The van der Waals surface area contributed by atoms with Gasteiger partial charge in [0.25, 0.3) is 0 Å². The van der Waals surface area contributed by atoms with E-state index in [1.807, 2.05) is 0 Å². The van der Waals surface area contributed by atoms with Gasteiger partial charge < -0.3 is 14.8 Å². The lowest BCUT2D eigenvalue weighted by Gasteiger charge is -2.08. The molecular weight excluding hydrogens is 392 g/mol. The molecule has 0 aliphatic heterocycles. The van der Waals surface area contributed by atoms with Crippen molar-refractivity contribution in [3.05, 3.63) is 63.9 Å². The Hall–Kier alpha value is -2.38. The number of benzene rings is 1. The van der Waals surface area contributed by atoms with Crippen molar-refractivity contribution in [3.63, 3.8) is 0 Å². The summed E-state index contributed by atoms with van der Waals surface area (Å²) in [6.45, 7) is 0.128. The standard InChI is InChI=1S/C17H11Cl2F3N2O2/c18-12-2-1-9(3-13(12)19)8-26-16-5-15(25)11(7-24-16)14-4-10(6-23-14)17(20,21)22/h1-7,23H,8H2,(H,24,25). The van der Waals surface area contributed by atoms with Crippen LogP contribution >= 0.6 is 23.2 Å². The fourth-order valence-corrected chi connectivity index (χ4v) is 2.53. The third kappa shape index (κ3) is 4.05. The Bertz CT molecular complexity index is 942. The van der Waals surface area contributed by atoms with Crippen molar-refractivity contribution in [3.8, 4) is 22.9 Å². The molecule has 3 rings (SSSR count). The number of hydrogen-bond donors (Lipinski definition) is 2. The number of H-pyrrole nitrogens is 1. The van der Waals surface area contributed by atoms with E-state index >= 15 is 0 Å². The van der Waals surface area contributed by atoms with Gasteiger partial charge in [-0.2, -0.15) is 13.2 Å². The van der Waals surface area contributed by atoms with E-state index in [1.165, 1.54) is 12.3 Å². The molecule has 0 saturated heterocycles. The number of nitrogens with zero attached hydrogens (tertiary/aromatic N) is 1. The molecule has 0 radical (unpaired) electrons. The molecule has 26 heavy (non-hydrogen) atoms. The molecule has 2 heterocycles. The summed E-state index contributed by atoms with van der Waals surface area (Å²) < 4.78 is 43.4. The first-order chi connectivity index (χ1) is 12.2. The van der Waals surface area contributed by atoms with Crippen LogP contribution in [0.1, 0.15) is 11.1 Å². The summed E-state index contributed by atoms with van der Waals surface area (Å²) >= 11 is 11.7. The molecule has 0 unspecified atom stereocenters. The Morgan fingerprint density at radius 2 is 1.88 bits per heavy atom. The topological polar surface area (TPSA) is 58.1 Å². The van der Waals surface area contributed by atoms with Gasteiger partial charge in [-0.3, -0.25) is 0 Å². The zero-order chi connectivity index (χ0) is 18.9. The molecule has 3 aromatic rings. The van der Waals surface area contributed by atoms with Crippen LogP contribution in [0.25, 0.3) is 11.3 Å². The van der Waals surface area contributed by atoms with Gasteiger partial charge in [-0.25, -0.2) is 4.98 Å². The monoisotopic (exact) mass is 402 g/mol. The lowest BCUT2D eigenvalue weighted by atomic mass is 10.2. The van der Waals surface area contributed by atoms with E-state index in [9.17, 15) is 18.3 Å². The second-order valence-corrected chi connectivity index (χ2v) is 6.19. The van der Waals surface area contributed by atoms with E-state index in [4.69, 9.17) is 27.9 Å². The van der Waals surface area contributed by atoms with Crippen LogP contribution in [0.2, 0.25) is 10.0 Å². The van der Waals surface area contributed by atoms with Crippen molar-refractivity contribution >= 4 is 23.2 Å². The van der Waals surface area contributed by atoms with E-state index in [-0.39, 0.29) is 29.5 Å². The maximum absolute atomic E-state index is 12.7. The number of aromatic nitrogens is 2. The highest BCUT2D eigenvalue weighted by Crippen LogP contribution is 2.35. The van der Waals surface area contributed by atoms with Gasteiger partial charge in [0.05, 0.1) is 26.9 Å². The van der Waals surface area contributed by atoms with Gasteiger partial charge in [0.2, 0.25) is 5.88 Å². The van der Waals surface area contributed by atoms with E-state index in [1.54, 1.807) is 18.2 Å². The Balaban J connectivity index is 1.75. The van der Waals surface area contributed by atoms with Crippen LogP contribution in [0.3, 0.4) is 0 Å². The summed E-state index contributed by atoms with van der Waals surface area (Å²) in [7, 11) is 0. The first-order valence-corrected chi connectivity index (χ1v) is 8.01. The van der Waals surface area contributed by atoms with Gasteiger partial charge in [-0.05, 0) is 23.8 Å². The Labute approximate surface area is 156 Å². The predicted octanol–water partition coefficient (Wildman–Crippen LogP) is 5.69. The van der Waals surface area contributed by atoms with E-state index in [0.29, 0.717) is 10.0 Å². The van der Waals surface area contributed by atoms with E-state index in [0.717, 1.165) is 17.8 Å². The molecule has 0 aliphatic rings. The molecule has 9 heteroatoms. The minimum atomic E-state index is -4.47. The molecule has 1 aromatic carbocycles. The van der Waals surface area contributed by atoms with Crippen molar-refractivity contribution in [2.24, 2.45) is 0 Å². The average molecular weight is 403 g/mol.